The molecule has 1 fully saturated rings. The van der Waals surface area contributed by atoms with Gasteiger partial charge in [-0.25, -0.2) is 8.42 Å². The average Bonchev–Trinajstić information content (AvgIpc) is 3.37. The lowest BCUT2D eigenvalue weighted by atomic mass is 10.1. The molecule has 1 atom stereocenters. The predicted octanol–water partition coefficient (Wildman–Crippen LogP) is 6.02. The molecule has 2 aromatic carbocycles. The molecule has 39 heavy (non-hydrogen) atoms. The van der Waals surface area contributed by atoms with Gasteiger partial charge < -0.3 is 10.2 Å². The van der Waals surface area contributed by atoms with Gasteiger partial charge >= 0.3 is 0 Å². The number of nitrogens with one attached hydrogen (secondary N) is 1. The molecule has 7 nitrogen and oxygen atoms in total. The number of anilines is 1. The van der Waals surface area contributed by atoms with Crippen molar-refractivity contribution < 1.29 is 18.0 Å². The molecule has 0 bridgehead atoms. The van der Waals surface area contributed by atoms with E-state index < -0.39 is 16.1 Å². The van der Waals surface area contributed by atoms with E-state index in [0.717, 1.165) is 36.8 Å². The highest BCUT2D eigenvalue weighted by molar-refractivity contribution is 7.92. The minimum Gasteiger partial charge on any atom is -0.352 e. The van der Waals surface area contributed by atoms with Crippen LogP contribution in [0.4, 0.5) is 5.69 Å². The van der Waals surface area contributed by atoms with Gasteiger partial charge in [-0.15, -0.1) is 0 Å². The first-order valence-corrected chi connectivity index (χ1v) is 16.1. The van der Waals surface area contributed by atoms with Crippen molar-refractivity contribution in [2.75, 3.05) is 17.1 Å². The Morgan fingerprint density at radius 2 is 1.74 bits per heavy atom. The molecule has 10 heteroatoms. The van der Waals surface area contributed by atoms with Crippen LogP contribution in [0.25, 0.3) is 0 Å². The Hall–Kier alpha value is -2.29. The second kappa shape index (κ2) is 13.9. The van der Waals surface area contributed by atoms with Gasteiger partial charge in [-0.1, -0.05) is 55.1 Å². The Morgan fingerprint density at radius 3 is 2.33 bits per heavy atom. The molecular weight excluding hydrogens is 557 g/mol. The quantitative estimate of drug-likeness (QED) is 0.325. The van der Waals surface area contributed by atoms with Crippen molar-refractivity contribution in [3.05, 3.63) is 63.1 Å². The summed E-state index contributed by atoms with van der Waals surface area (Å²) in [6, 6.07) is 10.1. The molecular formula is C29H39Cl2N3O4S. The summed E-state index contributed by atoms with van der Waals surface area (Å²) in [5.41, 5.74) is 3.32. The highest BCUT2D eigenvalue weighted by Gasteiger charge is 2.31. The third-order valence-electron chi connectivity index (χ3n) is 7.37. The molecule has 1 N–H and O–H groups in total. The largest absolute Gasteiger partial charge is 0.352 e. The van der Waals surface area contributed by atoms with Gasteiger partial charge in [0.05, 0.1) is 11.9 Å². The van der Waals surface area contributed by atoms with E-state index in [1.165, 1.54) is 10.6 Å². The van der Waals surface area contributed by atoms with Crippen LogP contribution in [-0.2, 0) is 26.2 Å². The average molecular weight is 597 g/mol. The summed E-state index contributed by atoms with van der Waals surface area (Å²) in [6.07, 6.45) is 6.04. The Bertz CT molecular complexity index is 1280. The molecule has 0 spiro atoms. The van der Waals surface area contributed by atoms with Crippen LogP contribution in [-0.4, -0.2) is 50.0 Å². The van der Waals surface area contributed by atoms with E-state index in [2.05, 4.69) is 5.32 Å². The highest BCUT2D eigenvalue weighted by Crippen LogP contribution is 2.26. The fourth-order valence-corrected chi connectivity index (χ4v) is 6.43. The molecule has 0 heterocycles. The van der Waals surface area contributed by atoms with E-state index >= 15 is 0 Å². The molecule has 0 aliphatic heterocycles. The molecule has 2 aromatic rings. The van der Waals surface area contributed by atoms with Crippen molar-refractivity contribution in [1.29, 1.82) is 0 Å². The Morgan fingerprint density at radius 1 is 1.05 bits per heavy atom. The van der Waals surface area contributed by atoms with Crippen LogP contribution in [0.1, 0.15) is 68.6 Å². The Labute approximate surface area is 242 Å². The minimum atomic E-state index is -3.56. The monoisotopic (exact) mass is 595 g/mol. The number of rotatable bonds is 12. The third-order valence-corrected chi connectivity index (χ3v) is 9.15. The van der Waals surface area contributed by atoms with Gasteiger partial charge in [0.1, 0.15) is 6.04 Å². The first kappa shape index (κ1) is 31.2. The van der Waals surface area contributed by atoms with E-state index in [0.29, 0.717) is 34.1 Å². The lowest BCUT2D eigenvalue weighted by molar-refractivity contribution is -0.141. The lowest BCUT2D eigenvalue weighted by Gasteiger charge is -2.32. The van der Waals surface area contributed by atoms with Crippen molar-refractivity contribution in [2.24, 2.45) is 0 Å². The van der Waals surface area contributed by atoms with Crippen molar-refractivity contribution >= 4 is 50.7 Å². The van der Waals surface area contributed by atoms with Gasteiger partial charge in [-0.05, 0) is 80.5 Å². The van der Waals surface area contributed by atoms with Crippen LogP contribution in [0.3, 0.4) is 0 Å². The van der Waals surface area contributed by atoms with Crippen LogP contribution in [0.15, 0.2) is 36.4 Å². The molecule has 1 aliphatic carbocycles. The molecule has 3 rings (SSSR count). The maximum absolute atomic E-state index is 13.6. The van der Waals surface area contributed by atoms with Crippen LogP contribution < -0.4 is 9.62 Å². The first-order chi connectivity index (χ1) is 18.4. The Balaban J connectivity index is 1.79. The number of halogens is 2. The topological polar surface area (TPSA) is 86.8 Å². The SMILES string of the molecule is CCC(C(=O)NC1CCCC1)N(Cc1ccc(Cl)cc1Cl)C(=O)CCCN(c1ccc(C)c(C)c1)S(C)(=O)=O. The fraction of sp³-hybridized carbons (Fsp3) is 0.517. The summed E-state index contributed by atoms with van der Waals surface area (Å²) in [5.74, 6) is -0.404. The number of sulfonamides is 1. The zero-order chi connectivity index (χ0) is 28.7. The van der Waals surface area contributed by atoms with E-state index in [4.69, 9.17) is 23.2 Å². The fourth-order valence-electron chi connectivity index (χ4n) is 5.01. The number of hydrogen-bond donors (Lipinski definition) is 1. The number of carbonyl (C=O) groups is 2. The second-order valence-corrected chi connectivity index (χ2v) is 13.1. The molecule has 2 amide bonds. The van der Waals surface area contributed by atoms with Crippen molar-refractivity contribution in [3.8, 4) is 0 Å². The lowest BCUT2D eigenvalue weighted by Crippen LogP contribution is -2.51. The summed E-state index contributed by atoms with van der Waals surface area (Å²) < 4.78 is 26.5. The van der Waals surface area contributed by atoms with Crippen molar-refractivity contribution in [3.63, 3.8) is 0 Å². The molecule has 214 valence electrons. The zero-order valence-corrected chi connectivity index (χ0v) is 25.5. The van der Waals surface area contributed by atoms with Gasteiger partial charge in [-0.2, -0.15) is 0 Å². The summed E-state index contributed by atoms with van der Waals surface area (Å²) in [4.78, 5) is 28.5. The smallest absolute Gasteiger partial charge is 0.243 e. The van der Waals surface area contributed by atoms with Gasteiger partial charge in [-0.3, -0.25) is 13.9 Å². The normalized spacial score (nSPS) is 14.7. The number of nitrogens with zero attached hydrogens (tertiary/aromatic N) is 2. The number of carbonyl (C=O) groups excluding carboxylic acids is 2. The van der Waals surface area contributed by atoms with Crippen LogP contribution in [0.2, 0.25) is 10.0 Å². The second-order valence-electron chi connectivity index (χ2n) is 10.4. The summed E-state index contributed by atoms with van der Waals surface area (Å²) in [5, 5.41) is 4.03. The predicted molar refractivity (Wildman–Crippen MR) is 159 cm³/mol. The summed E-state index contributed by atoms with van der Waals surface area (Å²) in [6.45, 7) is 6.08. The van der Waals surface area contributed by atoms with E-state index in [9.17, 15) is 18.0 Å². The van der Waals surface area contributed by atoms with E-state index in [-0.39, 0.29) is 37.4 Å². The number of aryl methyl sites for hydroxylation is 2. The number of amides is 2. The molecule has 1 aliphatic rings. The standard InChI is InChI=1S/C29H39Cl2N3O4S/c1-5-27(29(36)32-24-9-6-7-10-24)33(19-22-13-14-23(30)18-26(22)31)28(35)11-8-16-34(39(4,37)38)25-15-12-20(2)21(3)17-25/h12-15,17-18,24,27H,5-11,16,19H2,1-4H3,(H,32,36). The first-order valence-electron chi connectivity index (χ1n) is 13.5. The number of benzene rings is 2. The molecule has 1 unspecified atom stereocenters. The van der Waals surface area contributed by atoms with Crippen LogP contribution in [0.5, 0.6) is 0 Å². The highest BCUT2D eigenvalue weighted by atomic mass is 35.5. The summed E-state index contributed by atoms with van der Waals surface area (Å²) in [7, 11) is -3.56. The Kier molecular flexibility index (Phi) is 11.1. The summed E-state index contributed by atoms with van der Waals surface area (Å²) >= 11 is 12.5. The van der Waals surface area contributed by atoms with Gasteiger partial charge in [0.15, 0.2) is 0 Å². The van der Waals surface area contributed by atoms with Crippen molar-refractivity contribution in [1.82, 2.24) is 10.2 Å². The van der Waals surface area contributed by atoms with Gasteiger partial charge in [0, 0.05) is 35.6 Å². The van der Waals surface area contributed by atoms with E-state index in [1.807, 2.05) is 32.9 Å². The molecule has 0 aromatic heterocycles. The molecule has 0 saturated heterocycles. The van der Waals surface area contributed by atoms with Gasteiger partial charge in [0.25, 0.3) is 0 Å². The zero-order valence-electron chi connectivity index (χ0n) is 23.2. The molecule has 0 radical (unpaired) electrons. The van der Waals surface area contributed by atoms with Crippen LogP contribution >= 0.6 is 23.2 Å². The molecule has 1 saturated carbocycles. The van der Waals surface area contributed by atoms with Crippen molar-refractivity contribution in [2.45, 2.75) is 84.3 Å². The van der Waals surface area contributed by atoms with Crippen LogP contribution in [0, 0.1) is 13.8 Å². The maximum atomic E-state index is 13.6. The number of hydrogen-bond acceptors (Lipinski definition) is 4. The minimum absolute atomic E-state index is 0.0787. The third kappa shape index (κ3) is 8.60. The van der Waals surface area contributed by atoms with E-state index in [1.54, 1.807) is 29.2 Å². The maximum Gasteiger partial charge on any atom is 0.243 e. The van der Waals surface area contributed by atoms with Gasteiger partial charge in [0.2, 0.25) is 21.8 Å².